The van der Waals surface area contributed by atoms with Gasteiger partial charge >= 0.3 is 0 Å². The van der Waals surface area contributed by atoms with Crippen molar-refractivity contribution >= 4 is 11.8 Å². The van der Waals surface area contributed by atoms with Crippen LogP contribution in [0.3, 0.4) is 0 Å². The standard InChI is InChI=1S/C12H22N2O3/c1-4-9(2)14-11(16)12(5-6-12)10(15)13-7-8-17-3/h9H,4-8H2,1-3H3,(H,13,15)(H,14,16). The molecular weight excluding hydrogens is 220 g/mol. The van der Waals surface area contributed by atoms with Crippen LogP contribution in [-0.2, 0) is 14.3 Å². The van der Waals surface area contributed by atoms with Crippen molar-refractivity contribution in [1.82, 2.24) is 10.6 Å². The van der Waals surface area contributed by atoms with Crippen LogP contribution in [0.1, 0.15) is 33.1 Å². The molecule has 0 saturated heterocycles. The van der Waals surface area contributed by atoms with Crippen LogP contribution < -0.4 is 10.6 Å². The van der Waals surface area contributed by atoms with Gasteiger partial charge in [0.15, 0.2) is 0 Å². The number of carbonyl (C=O) groups is 2. The molecule has 5 heteroatoms. The Morgan fingerprint density at radius 1 is 1.35 bits per heavy atom. The Kier molecular flexibility index (Phi) is 4.93. The maximum Gasteiger partial charge on any atom is 0.235 e. The molecule has 2 amide bonds. The van der Waals surface area contributed by atoms with Crippen LogP contribution >= 0.6 is 0 Å². The topological polar surface area (TPSA) is 67.4 Å². The van der Waals surface area contributed by atoms with E-state index in [4.69, 9.17) is 4.74 Å². The number of nitrogens with one attached hydrogen (secondary N) is 2. The lowest BCUT2D eigenvalue weighted by Gasteiger charge is -2.18. The highest BCUT2D eigenvalue weighted by Crippen LogP contribution is 2.46. The predicted octanol–water partition coefficient (Wildman–Crippen LogP) is 0.444. The molecule has 0 bridgehead atoms. The third-order valence-corrected chi connectivity index (χ3v) is 3.20. The predicted molar refractivity (Wildman–Crippen MR) is 64.4 cm³/mol. The molecule has 0 aliphatic heterocycles. The molecule has 0 aromatic rings. The fourth-order valence-corrected chi connectivity index (χ4v) is 1.58. The normalized spacial score (nSPS) is 18.3. The van der Waals surface area contributed by atoms with Crippen molar-refractivity contribution in [2.75, 3.05) is 20.3 Å². The Morgan fingerprint density at radius 3 is 2.47 bits per heavy atom. The minimum Gasteiger partial charge on any atom is -0.383 e. The summed E-state index contributed by atoms with van der Waals surface area (Å²) < 4.78 is 4.85. The Morgan fingerprint density at radius 2 is 2.00 bits per heavy atom. The van der Waals surface area contributed by atoms with Crippen LogP contribution in [0.4, 0.5) is 0 Å². The molecule has 0 spiro atoms. The van der Waals surface area contributed by atoms with Gasteiger partial charge in [-0.05, 0) is 26.2 Å². The molecule has 98 valence electrons. The van der Waals surface area contributed by atoms with E-state index in [0.29, 0.717) is 26.0 Å². The van der Waals surface area contributed by atoms with Crippen LogP contribution in [-0.4, -0.2) is 38.1 Å². The summed E-state index contributed by atoms with van der Waals surface area (Å²) in [5.74, 6) is -0.308. The summed E-state index contributed by atoms with van der Waals surface area (Å²) in [7, 11) is 1.58. The molecule has 0 heterocycles. The van der Waals surface area contributed by atoms with Crippen molar-refractivity contribution in [3.05, 3.63) is 0 Å². The van der Waals surface area contributed by atoms with E-state index >= 15 is 0 Å². The molecule has 1 rings (SSSR count). The zero-order valence-electron chi connectivity index (χ0n) is 10.8. The smallest absolute Gasteiger partial charge is 0.235 e. The number of rotatable bonds is 7. The Labute approximate surface area is 102 Å². The first-order valence-corrected chi connectivity index (χ1v) is 6.15. The molecule has 1 aliphatic carbocycles. The molecule has 2 N–H and O–H groups in total. The fraction of sp³-hybridized carbons (Fsp3) is 0.833. The van der Waals surface area contributed by atoms with Crippen LogP contribution in [0.5, 0.6) is 0 Å². The van der Waals surface area contributed by atoms with Gasteiger partial charge in [-0.3, -0.25) is 9.59 Å². The third kappa shape index (κ3) is 3.43. The van der Waals surface area contributed by atoms with E-state index < -0.39 is 5.41 Å². The monoisotopic (exact) mass is 242 g/mol. The van der Waals surface area contributed by atoms with E-state index in [-0.39, 0.29) is 17.9 Å². The van der Waals surface area contributed by atoms with Crippen molar-refractivity contribution in [3.63, 3.8) is 0 Å². The van der Waals surface area contributed by atoms with E-state index in [9.17, 15) is 9.59 Å². The number of methoxy groups -OCH3 is 1. The number of amides is 2. The number of ether oxygens (including phenoxy) is 1. The molecule has 5 nitrogen and oxygen atoms in total. The summed E-state index contributed by atoms with van der Waals surface area (Å²) in [6.45, 7) is 4.86. The second-order valence-corrected chi connectivity index (χ2v) is 4.61. The average molecular weight is 242 g/mol. The van der Waals surface area contributed by atoms with Crippen molar-refractivity contribution < 1.29 is 14.3 Å². The summed E-state index contributed by atoms with van der Waals surface area (Å²) in [4.78, 5) is 23.9. The second-order valence-electron chi connectivity index (χ2n) is 4.61. The van der Waals surface area contributed by atoms with Gasteiger partial charge in [-0.15, -0.1) is 0 Å². The minimum absolute atomic E-state index is 0.117. The van der Waals surface area contributed by atoms with E-state index in [1.807, 2.05) is 13.8 Å². The maximum absolute atomic E-state index is 12.0. The highest BCUT2D eigenvalue weighted by molar-refractivity contribution is 6.07. The summed E-state index contributed by atoms with van der Waals surface area (Å²) >= 11 is 0. The number of hydrogen-bond acceptors (Lipinski definition) is 3. The van der Waals surface area contributed by atoms with Crippen LogP contribution in [0.15, 0.2) is 0 Å². The van der Waals surface area contributed by atoms with Gasteiger partial charge < -0.3 is 15.4 Å². The van der Waals surface area contributed by atoms with E-state index in [1.165, 1.54) is 0 Å². The highest BCUT2D eigenvalue weighted by Gasteiger charge is 2.56. The summed E-state index contributed by atoms with van der Waals surface area (Å²) in [6.07, 6.45) is 2.16. The highest BCUT2D eigenvalue weighted by atomic mass is 16.5. The van der Waals surface area contributed by atoms with Crippen molar-refractivity contribution in [2.45, 2.75) is 39.2 Å². The number of carbonyl (C=O) groups excluding carboxylic acids is 2. The lowest BCUT2D eigenvalue weighted by molar-refractivity contribution is -0.137. The zero-order chi connectivity index (χ0) is 12.9. The van der Waals surface area contributed by atoms with Gasteiger partial charge in [0.05, 0.1) is 6.61 Å². The van der Waals surface area contributed by atoms with E-state index in [2.05, 4.69) is 10.6 Å². The number of hydrogen-bond donors (Lipinski definition) is 2. The van der Waals surface area contributed by atoms with Gasteiger partial charge in [-0.2, -0.15) is 0 Å². The SMILES string of the molecule is CCC(C)NC(=O)C1(C(=O)NCCOC)CC1. The van der Waals surface area contributed by atoms with Crippen LogP contribution in [0.2, 0.25) is 0 Å². The minimum atomic E-state index is -0.808. The summed E-state index contributed by atoms with van der Waals surface area (Å²) in [5, 5.41) is 5.61. The zero-order valence-corrected chi connectivity index (χ0v) is 10.8. The van der Waals surface area contributed by atoms with Crippen molar-refractivity contribution in [2.24, 2.45) is 5.41 Å². The Balaban J connectivity index is 2.44. The van der Waals surface area contributed by atoms with Gasteiger partial charge in [0, 0.05) is 19.7 Å². The van der Waals surface area contributed by atoms with Gasteiger partial charge in [0.25, 0.3) is 0 Å². The van der Waals surface area contributed by atoms with Crippen molar-refractivity contribution in [1.29, 1.82) is 0 Å². The average Bonchev–Trinajstić information content (AvgIpc) is 3.10. The van der Waals surface area contributed by atoms with Crippen LogP contribution in [0.25, 0.3) is 0 Å². The largest absolute Gasteiger partial charge is 0.383 e. The molecule has 1 saturated carbocycles. The second kappa shape index (κ2) is 6.00. The lowest BCUT2D eigenvalue weighted by Crippen LogP contribution is -2.46. The third-order valence-electron chi connectivity index (χ3n) is 3.20. The molecule has 17 heavy (non-hydrogen) atoms. The Hall–Kier alpha value is -1.10. The maximum atomic E-state index is 12.0. The lowest BCUT2D eigenvalue weighted by atomic mass is 10.0. The van der Waals surface area contributed by atoms with Gasteiger partial charge in [-0.1, -0.05) is 6.92 Å². The Bertz CT molecular complexity index is 287. The molecule has 0 aromatic heterocycles. The first-order chi connectivity index (χ1) is 8.06. The molecule has 1 aliphatic rings. The molecular formula is C12H22N2O3. The van der Waals surface area contributed by atoms with E-state index in [0.717, 1.165) is 6.42 Å². The first kappa shape index (κ1) is 14.0. The van der Waals surface area contributed by atoms with Crippen LogP contribution in [0, 0.1) is 5.41 Å². The quantitative estimate of drug-likeness (QED) is 0.503. The van der Waals surface area contributed by atoms with Gasteiger partial charge in [0.2, 0.25) is 11.8 Å². The molecule has 1 fully saturated rings. The fourth-order valence-electron chi connectivity index (χ4n) is 1.58. The molecule has 0 aromatic carbocycles. The molecule has 1 unspecified atom stereocenters. The summed E-state index contributed by atoms with van der Waals surface area (Å²) in [6, 6.07) is 0.117. The van der Waals surface area contributed by atoms with E-state index in [1.54, 1.807) is 7.11 Å². The van der Waals surface area contributed by atoms with Crippen molar-refractivity contribution in [3.8, 4) is 0 Å². The first-order valence-electron chi connectivity index (χ1n) is 6.15. The van der Waals surface area contributed by atoms with Gasteiger partial charge in [0.1, 0.15) is 5.41 Å². The van der Waals surface area contributed by atoms with Gasteiger partial charge in [-0.25, -0.2) is 0 Å². The molecule has 0 radical (unpaired) electrons. The molecule has 1 atom stereocenters. The summed E-state index contributed by atoms with van der Waals surface area (Å²) in [5.41, 5.74) is -0.808.